The van der Waals surface area contributed by atoms with E-state index < -0.39 is 12.0 Å². The molecule has 1 atom stereocenters. The van der Waals surface area contributed by atoms with Crippen molar-refractivity contribution in [3.05, 3.63) is 0 Å². The Morgan fingerprint density at radius 2 is 2.14 bits per heavy atom. The number of carbonyl (C=O) groups excluding carboxylic acids is 1. The first kappa shape index (κ1) is 12.1. The predicted molar refractivity (Wildman–Crippen MR) is 49.5 cm³/mol. The van der Waals surface area contributed by atoms with Crippen LogP contribution in [-0.4, -0.2) is 35.7 Å². The molecule has 0 amide bonds. The van der Waals surface area contributed by atoms with Crippen molar-refractivity contribution in [1.29, 1.82) is 0 Å². The van der Waals surface area contributed by atoms with Crippen LogP contribution in [-0.2, 0) is 9.59 Å². The number of guanidine groups is 1. The summed E-state index contributed by atoms with van der Waals surface area (Å²) in [6, 6.07) is -1.05. The molecule has 14 heavy (non-hydrogen) atoms. The van der Waals surface area contributed by atoms with E-state index in [-0.39, 0.29) is 12.4 Å². The number of nitrogens with zero attached hydrogens (tertiary/aromatic N) is 2. The molecule has 7 nitrogen and oxygen atoms in total. The van der Waals surface area contributed by atoms with Crippen molar-refractivity contribution >= 4 is 18.0 Å². The van der Waals surface area contributed by atoms with Crippen molar-refractivity contribution in [3.8, 4) is 0 Å². The lowest BCUT2D eigenvalue weighted by molar-refractivity contribution is -0.138. The predicted octanol–water partition coefficient (Wildman–Crippen LogP) is -1.17. The van der Waals surface area contributed by atoms with Gasteiger partial charge in [-0.1, -0.05) is 0 Å². The van der Waals surface area contributed by atoms with E-state index in [9.17, 15) is 9.59 Å². The van der Waals surface area contributed by atoms with Gasteiger partial charge in [-0.15, -0.1) is 0 Å². The zero-order valence-corrected chi connectivity index (χ0v) is 7.51. The molecule has 0 aliphatic rings. The monoisotopic (exact) mass is 200 g/mol. The Kier molecular flexibility index (Phi) is 5.73. The fraction of sp³-hybridized carbons (Fsp3) is 0.571. The summed E-state index contributed by atoms with van der Waals surface area (Å²) in [5, 5.41) is 8.56. The highest BCUT2D eigenvalue weighted by Crippen LogP contribution is 2.01. The fourth-order valence-electron chi connectivity index (χ4n) is 0.800. The molecule has 78 valence electrons. The number of carboxylic acids is 1. The molecular formula is C7H12N4O3. The highest BCUT2D eigenvalue weighted by molar-refractivity contribution is 5.75. The molecule has 0 saturated heterocycles. The average molecular weight is 200 g/mol. The number of carboxylic acid groups (broad SMARTS) is 1. The van der Waals surface area contributed by atoms with Gasteiger partial charge in [0.05, 0.1) is 0 Å². The first-order valence-electron chi connectivity index (χ1n) is 3.93. The molecular weight excluding hydrogens is 188 g/mol. The zero-order valence-electron chi connectivity index (χ0n) is 7.51. The van der Waals surface area contributed by atoms with Gasteiger partial charge in [-0.05, 0) is 12.8 Å². The summed E-state index contributed by atoms with van der Waals surface area (Å²) < 4.78 is 0. The fourth-order valence-corrected chi connectivity index (χ4v) is 0.800. The molecule has 0 aliphatic carbocycles. The number of hydrogen-bond acceptors (Lipinski definition) is 4. The normalized spacial score (nSPS) is 11.1. The minimum Gasteiger partial charge on any atom is -0.480 e. The van der Waals surface area contributed by atoms with Crippen LogP contribution in [0.3, 0.4) is 0 Å². The van der Waals surface area contributed by atoms with Gasteiger partial charge in [0.25, 0.3) is 0 Å². The Bertz CT molecular complexity index is 264. The quantitative estimate of drug-likeness (QED) is 0.215. The zero-order chi connectivity index (χ0) is 11.0. The Hall–Kier alpha value is -1.88. The van der Waals surface area contributed by atoms with Gasteiger partial charge in [0.2, 0.25) is 6.08 Å². The van der Waals surface area contributed by atoms with E-state index in [1.165, 1.54) is 6.08 Å². The molecule has 0 aromatic heterocycles. The molecule has 0 saturated carbocycles. The summed E-state index contributed by atoms with van der Waals surface area (Å²) in [6.07, 6.45) is 1.86. The van der Waals surface area contributed by atoms with Crippen LogP contribution in [0.5, 0.6) is 0 Å². The van der Waals surface area contributed by atoms with Gasteiger partial charge >= 0.3 is 5.97 Å². The van der Waals surface area contributed by atoms with Crippen LogP contribution in [0, 0.1) is 0 Å². The molecule has 0 heterocycles. The second kappa shape index (κ2) is 6.62. The topological polar surface area (TPSA) is 131 Å². The van der Waals surface area contributed by atoms with Gasteiger partial charge in [0, 0.05) is 6.54 Å². The standard InChI is InChI=1S/C7H12N4O3/c8-7(9)10-3-1-2-5(6(13)14)11-4-12/h5H,1-3H2,(H,13,14)(H4,8,9,10)/t5-/m1/s1. The van der Waals surface area contributed by atoms with Gasteiger partial charge in [-0.2, -0.15) is 4.99 Å². The average Bonchev–Trinajstić information content (AvgIpc) is 2.09. The lowest BCUT2D eigenvalue weighted by Gasteiger charge is -2.02. The summed E-state index contributed by atoms with van der Waals surface area (Å²) in [4.78, 5) is 27.1. The third kappa shape index (κ3) is 5.73. The second-order valence-corrected chi connectivity index (χ2v) is 2.52. The van der Waals surface area contributed by atoms with Crippen molar-refractivity contribution in [2.24, 2.45) is 21.5 Å². The highest BCUT2D eigenvalue weighted by atomic mass is 16.4. The number of isocyanates is 1. The maximum absolute atomic E-state index is 10.5. The summed E-state index contributed by atoms with van der Waals surface area (Å²) in [7, 11) is 0. The minimum atomic E-state index is -1.15. The third-order valence-electron chi connectivity index (χ3n) is 1.42. The molecule has 5 N–H and O–H groups in total. The Morgan fingerprint density at radius 1 is 1.50 bits per heavy atom. The van der Waals surface area contributed by atoms with E-state index in [4.69, 9.17) is 16.6 Å². The van der Waals surface area contributed by atoms with E-state index in [0.29, 0.717) is 13.0 Å². The van der Waals surface area contributed by atoms with Crippen LogP contribution in [0.25, 0.3) is 0 Å². The molecule has 0 aliphatic heterocycles. The van der Waals surface area contributed by atoms with Crippen LogP contribution in [0.4, 0.5) is 0 Å². The van der Waals surface area contributed by atoms with Crippen LogP contribution in [0.15, 0.2) is 9.98 Å². The van der Waals surface area contributed by atoms with Crippen molar-refractivity contribution in [2.75, 3.05) is 6.54 Å². The summed E-state index contributed by atoms with van der Waals surface area (Å²) in [6.45, 7) is 0.320. The van der Waals surface area contributed by atoms with Crippen molar-refractivity contribution in [2.45, 2.75) is 18.9 Å². The summed E-state index contributed by atoms with van der Waals surface area (Å²) in [5.74, 6) is -1.20. The van der Waals surface area contributed by atoms with Gasteiger partial charge in [0.15, 0.2) is 12.0 Å². The number of nitrogens with two attached hydrogens (primary N) is 2. The second-order valence-electron chi connectivity index (χ2n) is 2.52. The number of carbonyl (C=O) groups is 1. The van der Waals surface area contributed by atoms with Crippen LogP contribution in [0.1, 0.15) is 12.8 Å². The molecule has 0 bridgehead atoms. The summed E-state index contributed by atoms with van der Waals surface area (Å²) >= 11 is 0. The van der Waals surface area contributed by atoms with Gasteiger partial charge in [0.1, 0.15) is 0 Å². The molecule has 7 heteroatoms. The van der Waals surface area contributed by atoms with E-state index in [0.717, 1.165) is 0 Å². The van der Waals surface area contributed by atoms with Crippen LogP contribution >= 0.6 is 0 Å². The first-order chi connectivity index (χ1) is 6.57. The molecule has 0 aromatic carbocycles. The smallest absolute Gasteiger partial charge is 0.329 e. The van der Waals surface area contributed by atoms with E-state index >= 15 is 0 Å². The van der Waals surface area contributed by atoms with Crippen molar-refractivity contribution in [1.82, 2.24) is 0 Å². The highest BCUT2D eigenvalue weighted by Gasteiger charge is 2.14. The molecule has 0 aromatic rings. The maximum Gasteiger partial charge on any atom is 0.329 e. The van der Waals surface area contributed by atoms with E-state index in [1.54, 1.807) is 0 Å². The largest absolute Gasteiger partial charge is 0.480 e. The molecule has 0 radical (unpaired) electrons. The Morgan fingerprint density at radius 3 is 2.57 bits per heavy atom. The molecule has 0 fully saturated rings. The van der Waals surface area contributed by atoms with E-state index in [1.807, 2.05) is 0 Å². The number of aliphatic carboxylic acids is 1. The number of aliphatic imine (C=N–C) groups is 2. The molecule has 0 spiro atoms. The number of hydrogen-bond donors (Lipinski definition) is 3. The SMILES string of the molecule is NC(N)=NCCC[C@@H](N=C=O)C(=O)O. The van der Waals surface area contributed by atoms with Gasteiger partial charge in [-0.3, -0.25) is 4.99 Å². The van der Waals surface area contributed by atoms with Gasteiger partial charge in [-0.25, -0.2) is 9.59 Å². The Labute approximate surface area is 80.5 Å². The third-order valence-corrected chi connectivity index (χ3v) is 1.42. The Balaban J connectivity index is 3.89. The lowest BCUT2D eigenvalue weighted by atomic mass is 10.2. The van der Waals surface area contributed by atoms with E-state index in [2.05, 4.69) is 9.98 Å². The van der Waals surface area contributed by atoms with Crippen LogP contribution < -0.4 is 11.5 Å². The minimum absolute atomic E-state index is 0.0456. The van der Waals surface area contributed by atoms with Crippen LogP contribution in [0.2, 0.25) is 0 Å². The van der Waals surface area contributed by atoms with Crippen molar-refractivity contribution in [3.63, 3.8) is 0 Å². The first-order valence-corrected chi connectivity index (χ1v) is 3.93. The van der Waals surface area contributed by atoms with Crippen molar-refractivity contribution < 1.29 is 14.7 Å². The molecule has 0 unspecified atom stereocenters. The maximum atomic E-state index is 10.5. The summed E-state index contributed by atoms with van der Waals surface area (Å²) in [5.41, 5.74) is 10.1. The lowest BCUT2D eigenvalue weighted by Crippen LogP contribution is -2.23. The number of rotatable bonds is 6. The van der Waals surface area contributed by atoms with Gasteiger partial charge < -0.3 is 16.6 Å². The molecule has 0 rings (SSSR count).